The highest BCUT2D eigenvalue weighted by molar-refractivity contribution is 5.96. The molecule has 0 radical (unpaired) electrons. The summed E-state index contributed by atoms with van der Waals surface area (Å²) in [6.45, 7) is 8.78. The molecule has 5 nitrogen and oxygen atoms in total. The van der Waals surface area contributed by atoms with E-state index in [2.05, 4.69) is 32.9 Å². The molecule has 31 heavy (non-hydrogen) atoms. The first-order valence-corrected chi connectivity index (χ1v) is 12.1. The summed E-state index contributed by atoms with van der Waals surface area (Å²) in [7, 11) is 0. The van der Waals surface area contributed by atoms with Gasteiger partial charge in [-0.25, -0.2) is 0 Å². The Bertz CT molecular complexity index is 873. The van der Waals surface area contributed by atoms with Crippen LogP contribution in [-0.4, -0.2) is 35.4 Å². The molecular weight excluding hydrogens is 392 g/mol. The van der Waals surface area contributed by atoms with Gasteiger partial charge in [-0.2, -0.15) is 0 Å². The van der Waals surface area contributed by atoms with E-state index in [-0.39, 0.29) is 23.4 Å². The zero-order chi connectivity index (χ0) is 22.2. The number of carbonyl (C=O) groups is 2. The first kappa shape index (κ1) is 21.2. The lowest BCUT2D eigenvalue weighted by Crippen LogP contribution is -2.59. The number of esters is 2. The smallest absolute Gasteiger partial charge is 0.321 e. The van der Waals surface area contributed by atoms with E-state index in [9.17, 15) is 14.7 Å². The van der Waals surface area contributed by atoms with Gasteiger partial charge in [0, 0.05) is 11.8 Å². The molecule has 8 atom stereocenters. The summed E-state index contributed by atoms with van der Waals surface area (Å²) in [5.74, 6) is -0.726. The maximum atomic E-state index is 12.7. The lowest BCUT2D eigenvalue weighted by molar-refractivity contribution is -0.182. The molecular formula is C26H36O5. The monoisotopic (exact) mass is 428 g/mol. The fourth-order valence-electron chi connectivity index (χ4n) is 8.32. The van der Waals surface area contributed by atoms with Gasteiger partial charge in [-0.1, -0.05) is 31.6 Å². The summed E-state index contributed by atoms with van der Waals surface area (Å²) in [4.78, 5) is 25.1. The summed E-state index contributed by atoms with van der Waals surface area (Å²) >= 11 is 0. The lowest BCUT2D eigenvalue weighted by atomic mass is 9.46. The molecule has 3 fully saturated rings. The third-order valence-corrected chi connectivity index (χ3v) is 9.88. The molecule has 1 N–H and O–H groups in total. The van der Waals surface area contributed by atoms with Crippen molar-refractivity contribution in [2.24, 2.45) is 34.5 Å². The number of aliphatic hydroxyl groups is 1. The number of hydrogen-bond donors (Lipinski definition) is 1. The van der Waals surface area contributed by atoms with Crippen LogP contribution in [0.4, 0.5) is 0 Å². The Morgan fingerprint density at radius 3 is 2.81 bits per heavy atom. The largest absolute Gasteiger partial charge is 0.465 e. The molecule has 1 spiro atoms. The van der Waals surface area contributed by atoms with Crippen molar-refractivity contribution >= 4 is 11.9 Å². The van der Waals surface area contributed by atoms with Crippen molar-refractivity contribution in [2.75, 3.05) is 6.61 Å². The van der Waals surface area contributed by atoms with Gasteiger partial charge < -0.3 is 14.6 Å². The fraction of sp³-hybridized carbons (Fsp3) is 0.769. The second-order valence-electron chi connectivity index (χ2n) is 11.3. The second kappa shape index (κ2) is 6.94. The molecule has 4 aliphatic carbocycles. The summed E-state index contributed by atoms with van der Waals surface area (Å²) in [5, 5.41) is 11.6. The Balaban J connectivity index is 1.48. The number of carbonyl (C=O) groups excluding carboxylic acids is 2. The van der Waals surface area contributed by atoms with Crippen LogP contribution < -0.4 is 0 Å². The van der Waals surface area contributed by atoms with E-state index in [1.54, 1.807) is 6.92 Å². The minimum atomic E-state index is -0.827. The van der Waals surface area contributed by atoms with Crippen LogP contribution in [0.5, 0.6) is 0 Å². The second-order valence-corrected chi connectivity index (χ2v) is 11.3. The Kier molecular flexibility index (Phi) is 4.75. The minimum Gasteiger partial charge on any atom is -0.465 e. The van der Waals surface area contributed by atoms with Gasteiger partial charge in [-0.05, 0) is 81.1 Å². The van der Waals surface area contributed by atoms with Crippen LogP contribution in [0.3, 0.4) is 0 Å². The molecule has 0 aromatic rings. The molecule has 0 bridgehead atoms. The maximum absolute atomic E-state index is 12.7. The highest BCUT2D eigenvalue weighted by Gasteiger charge is 2.70. The quantitative estimate of drug-likeness (QED) is 0.523. The van der Waals surface area contributed by atoms with Crippen LogP contribution in [-0.2, 0) is 19.1 Å². The number of aliphatic hydroxyl groups excluding tert-OH is 1. The number of ether oxygens (including phenoxy) is 2. The van der Waals surface area contributed by atoms with E-state index in [0.717, 1.165) is 32.1 Å². The van der Waals surface area contributed by atoms with Crippen molar-refractivity contribution < 1.29 is 24.2 Å². The number of allylic oxidation sites excluding steroid dienone is 4. The highest BCUT2D eigenvalue weighted by atomic mass is 16.6. The zero-order valence-corrected chi connectivity index (χ0v) is 19.3. The third-order valence-electron chi connectivity index (χ3n) is 9.88. The normalized spacial score (nSPS) is 48.3. The van der Waals surface area contributed by atoms with Crippen molar-refractivity contribution in [1.82, 2.24) is 0 Å². The van der Waals surface area contributed by atoms with Gasteiger partial charge >= 0.3 is 11.9 Å². The predicted molar refractivity (Wildman–Crippen MR) is 116 cm³/mol. The number of fused-ring (bicyclic) bond motifs is 6. The highest BCUT2D eigenvalue weighted by Crippen LogP contribution is 2.69. The first-order valence-electron chi connectivity index (χ1n) is 12.1. The number of rotatable bonds is 2. The van der Waals surface area contributed by atoms with E-state index in [0.29, 0.717) is 24.7 Å². The molecule has 1 heterocycles. The van der Waals surface area contributed by atoms with E-state index in [1.165, 1.54) is 11.1 Å². The Labute approximate surface area is 185 Å². The lowest BCUT2D eigenvalue weighted by Gasteiger charge is -2.59. The molecule has 0 aromatic carbocycles. The minimum absolute atomic E-state index is 0.0126. The van der Waals surface area contributed by atoms with Crippen LogP contribution in [0.2, 0.25) is 0 Å². The van der Waals surface area contributed by atoms with Gasteiger partial charge in [0.1, 0.15) is 5.60 Å². The fourth-order valence-corrected chi connectivity index (χ4v) is 8.32. The predicted octanol–water partition coefficient (Wildman–Crippen LogP) is 4.34. The Morgan fingerprint density at radius 2 is 2.06 bits per heavy atom. The zero-order valence-electron chi connectivity index (χ0n) is 19.3. The molecule has 5 heteroatoms. The summed E-state index contributed by atoms with van der Waals surface area (Å²) in [6, 6.07) is 0. The van der Waals surface area contributed by atoms with Crippen LogP contribution in [0.15, 0.2) is 23.3 Å². The third kappa shape index (κ3) is 2.77. The standard InChI is InChI=1S/C26H36O5/c1-5-30-22(28)18-13-26(31-23(18)29)11-9-19-17-7-6-16-12-15(2)8-10-24(16,3)21(17)20(27)14-25(19,26)4/h6,12,17-21,27H,5,7-11,13-14H2,1-4H3/t17-,18?,19-,20+,21+,24-,25-,26+/m0/s1. The molecule has 0 amide bonds. The van der Waals surface area contributed by atoms with Gasteiger partial charge in [0.15, 0.2) is 5.92 Å². The van der Waals surface area contributed by atoms with Crippen LogP contribution >= 0.6 is 0 Å². The van der Waals surface area contributed by atoms with Crippen LogP contribution in [0, 0.1) is 34.5 Å². The van der Waals surface area contributed by atoms with Crippen molar-refractivity contribution in [1.29, 1.82) is 0 Å². The molecule has 1 unspecified atom stereocenters. The van der Waals surface area contributed by atoms with Crippen molar-refractivity contribution in [3.8, 4) is 0 Å². The molecule has 170 valence electrons. The Morgan fingerprint density at radius 1 is 1.29 bits per heavy atom. The molecule has 0 aromatic heterocycles. The van der Waals surface area contributed by atoms with Gasteiger partial charge in [-0.15, -0.1) is 0 Å². The van der Waals surface area contributed by atoms with Gasteiger partial charge in [-0.3, -0.25) is 9.59 Å². The average molecular weight is 429 g/mol. The molecule has 1 saturated heterocycles. The van der Waals surface area contributed by atoms with E-state index in [1.807, 2.05) is 0 Å². The average Bonchev–Trinajstić information content (AvgIpc) is 3.19. The van der Waals surface area contributed by atoms with E-state index >= 15 is 0 Å². The molecule has 1 aliphatic heterocycles. The molecule has 5 rings (SSSR count). The van der Waals surface area contributed by atoms with E-state index in [4.69, 9.17) is 9.47 Å². The topological polar surface area (TPSA) is 72.8 Å². The van der Waals surface area contributed by atoms with Gasteiger partial charge in [0.05, 0.1) is 12.7 Å². The van der Waals surface area contributed by atoms with Gasteiger partial charge in [0.2, 0.25) is 0 Å². The van der Waals surface area contributed by atoms with Crippen molar-refractivity contribution in [3.63, 3.8) is 0 Å². The summed E-state index contributed by atoms with van der Waals surface area (Å²) < 4.78 is 11.2. The van der Waals surface area contributed by atoms with E-state index < -0.39 is 29.6 Å². The van der Waals surface area contributed by atoms with Crippen LogP contribution in [0.1, 0.15) is 72.6 Å². The molecule has 2 saturated carbocycles. The first-order chi connectivity index (χ1) is 14.6. The van der Waals surface area contributed by atoms with Crippen LogP contribution in [0.25, 0.3) is 0 Å². The maximum Gasteiger partial charge on any atom is 0.321 e. The van der Waals surface area contributed by atoms with Gasteiger partial charge in [0.25, 0.3) is 0 Å². The summed E-state index contributed by atoms with van der Waals surface area (Å²) in [6.07, 6.45) is 10.3. The van der Waals surface area contributed by atoms with Crippen molar-refractivity contribution in [3.05, 3.63) is 23.3 Å². The Hall–Kier alpha value is -1.62. The summed E-state index contributed by atoms with van der Waals surface area (Å²) in [5.41, 5.74) is 1.87. The SMILES string of the molecule is CCOC(=O)C1C[C@@]2(CC[C@H]3[C@@H]4CC=C5C=C(C)CC[C@]5(C)[C@H]4[C@H](O)C[C@@]32C)OC1=O. The number of hydrogen-bond acceptors (Lipinski definition) is 5. The molecule has 5 aliphatic rings. The van der Waals surface area contributed by atoms with Crippen molar-refractivity contribution in [2.45, 2.75) is 84.3 Å².